The fourth-order valence-electron chi connectivity index (χ4n) is 5.60. The van der Waals surface area contributed by atoms with E-state index in [1.165, 1.54) is 49.7 Å². The fourth-order valence-corrected chi connectivity index (χ4v) is 9.96. The van der Waals surface area contributed by atoms with Crippen LogP contribution in [0.4, 0.5) is 0 Å². The standard InChI is InChI=1S/C31H43P/c1-19(2)25-18-17-24-15-13-14-16-26(24)28(25)27-22(5)20(3)21(4)23(6)29(27)32(30(7,8)9)31(10,11)12/h13-19H,1-12H3. The van der Waals surface area contributed by atoms with E-state index in [1.54, 1.807) is 5.30 Å². The van der Waals surface area contributed by atoms with E-state index < -0.39 is 7.92 Å². The van der Waals surface area contributed by atoms with Crippen molar-refractivity contribution < 1.29 is 0 Å². The highest BCUT2D eigenvalue weighted by Gasteiger charge is 2.39. The summed E-state index contributed by atoms with van der Waals surface area (Å²) in [5, 5.41) is 4.78. The van der Waals surface area contributed by atoms with E-state index in [9.17, 15) is 0 Å². The minimum atomic E-state index is -0.435. The number of fused-ring (bicyclic) bond motifs is 1. The van der Waals surface area contributed by atoms with E-state index in [0.717, 1.165) is 0 Å². The molecule has 0 aliphatic carbocycles. The molecule has 172 valence electrons. The Morgan fingerprint density at radius 3 is 1.69 bits per heavy atom. The molecule has 0 saturated heterocycles. The van der Waals surface area contributed by atoms with Crippen molar-refractivity contribution in [2.75, 3.05) is 0 Å². The quantitative estimate of drug-likeness (QED) is 0.351. The summed E-state index contributed by atoms with van der Waals surface area (Å²) in [6.07, 6.45) is 0. The van der Waals surface area contributed by atoms with Crippen LogP contribution in [0.2, 0.25) is 0 Å². The third-order valence-electron chi connectivity index (χ3n) is 7.05. The van der Waals surface area contributed by atoms with Gasteiger partial charge in [0.25, 0.3) is 0 Å². The first kappa shape index (κ1) is 25.0. The molecule has 0 nitrogen and oxygen atoms in total. The zero-order chi connectivity index (χ0) is 24.2. The molecular weight excluding hydrogens is 403 g/mol. The molecular formula is C31H43P. The molecule has 0 amide bonds. The summed E-state index contributed by atoms with van der Waals surface area (Å²) in [5.41, 5.74) is 10.3. The molecule has 32 heavy (non-hydrogen) atoms. The maximum Gasteiger partial charge on any atom is -0.00614 e. The molecule has 0 N–H and O–H groups in total. The first-order valence-corrected chi connectivity index (χ1v) is 13.4. The third-order valence-corrected chi connectivity index (χ3v) is 10.7. The van der Waals surface area contributed by atoms with Crippen molar-refractivity contribution in [2.24, 2.45) is 0 Å². The predicted molar refractivity (Wildman–Crippen MR) is 148 cm³/mol. The summed E-state index contributed by atoms with van der Waals surface area (Å²) < 4.78 is 0. The van der Waals surface area contributed by atoms with Gasteiger partial charge < -0.3 is 0 Å². The molecule has 0 unspecified atom stereocenters. The average molecular weight is 447 g/mol. The molecule has 0 radical (unpaired) electrons. The van der Waals surface area contributed by atoms with Crippen LogP contribution >= 0.6 is 7.92 Å². The summed E-state index contributed by atoms with van der Waals surface area (Å²) >= 11 is 0. The number of rotatable bonds is 3. The second-order valence-corrected chi connectivity index (χ2v) is 15.6. The summed E-state index contributed by atoms with van der Waals surface area (Å²) in [5.74, 6) is 0.472. The van der Waals surface area contributed by atoms with Gasteiger partial charge in [0.15, 0.2) is 0 Å². The van der Waals surface area contributed by atoms with Crippen molar-refractivity contribution in [3.63, 3.8) is 0 Å². The van der Waals surface area contributed by atoms with Gasteiger partial charge in [-0.25, -0.2) is 0 Å². The van der Waals surface area contributed by atoms with Gasteiger partial charge in [0, 0.05) is 0 Å². The van der Waals surface area contributed by atoms with Crippen LogP contribution in [0.25, 0.3) is 21.9 Å². The lowest BCUT2D eigenvalue weighted by Crippen LogP contribution is -2.34. The van der Waals surface area contributed by atoms with Gasteiger partial charge in [0.2, 0.25) is 0 Å². The molecule has 0 aliphatic rings. The number of hydrogen-bond donors (Lipinski definition) is 0. The van der Waals surface area contributed by atoms with Gasteiger partial charge in [-0.2, -0.15) is 0 Å². The topological polar surface area (TPSA) is 0 Å². The van der Waals surface area contributed by atoms with Gasteiger partial charge in [0.05, 0.1) is 0 Å². The van der Waals surface area contributed by atoms with Crippen LogP contribution in [-0.2, 0) is 0 Å². The first-order chi connectivity index (χ1) is 14.7. The highest BCUT2D eigenvalue weighted by Crippen LogP contribution is 2.61. The molecule has 0 heterocycles. The van der Waals surface area contributed by atoms with Gasteiger partial charge >= 0.3 is 0 Å². The Labute approximate surface area is 198 Å². The Morgan fingerprint density at radius 1 is 0.625 bits per heavy atom. The van der Waals surface area contributed by atoms with Crippen molar-refractivity contribution in [1.29, 1.82) is 0 Å². The lowest BCUT2D eigenvalue weighted by atomic mass is 9.83. The molecule has 0 aromatic heterocycles. The van der Waals surface area contributed by atoms with Crippen LogP contribution in [0.15, 0.2) is 36.4 Å². The molecule has 3 rings (SSSR count). The van der Waals surface area contributed by atoms with Crippen molar-refractivity contribution in [1.82, 2.24) is 0 Å². The van der Waals surface area contributed by atoms with Crippen LogP contribution in [0, 0.1) is 27.7 Å². The normalized spacial score (nSPS) is 12.9. The van der Waals surface area contributed by atoms with Crippen molar-refractivity contribution >= 4 is 24.0 Å². The summed E-state index contributed by atoms with van der Waals surface area (Å²) in [6, 6.07) is 13.7. The largest absolute Gasteiger partial charge is 0.0633 e. The van der Waals surface area contributed by atoms with E-state index in [1.807, 2.05) is 0 Å². The first-order valence-electron chi connectivity index (χ1n) is 12.1. The maximum absolute atomic E-state index is 2.45. The number of benzene rings is 3. The van der Waals surface area contributed by atoms with Crippen molar-refractivity contribution in [3.8, 4) is 11.1 Å². The van der Waals surface area contributed by atoms with E-state index in [4.69, 9.17) is 0 Å². The molecule has 1 heteroatoms. The highest BCUT2D eigenvalue weighted by atomic mass is 31.1. The minimum Gasteiger partial charge on any atom is -0.0633 e. The summed E-state index contributed by atoms with van der Waals surface area (Å²) in [7, 11) is -0.435. The molecule has 0 saturated carbocycles. The van der Waals surface area contributed by atoms with Crippen LogP contribution in [0.3, 0.4) is 0 Å². The number of hydrogen-bond acceptors (Lipinski definition) is 0. The van der Waals surface area contributed by atoms with Gasteiger partial charge in [-0.1, -0.05) is 99.7 Å². The molecule has 0 atom stereocenters. The fraction of sp³-hybridized carbons (Fsp3) is 0.484. The monoisotopic (exact) mass is 446 g/mol. The zero-order valence-electron chi connectivity index (χ0n) is 22.5. The van der Waals surface area contributed by atoms with Gasteiger partial charge in [0.1, 0.15) is 0 Å². The Balaban J connectivity index is 2.64. The molecule has 0 spiro atoms. The average Bonchev–Trinajstić information content (AvgIpc) is 2.68. The molecule has 0 bridgehead atoms. The second kappa shape index (κ2) is 8.61. The van der Waals surface area contributed by atoms with Crippen LogP contribution in [-0.4, -0.2) is 10.3 Å². The van der Waals surface area contributed by atoms with Crippen molar-refractivity contribution in [2.45, 2.75) is 99.3 Å². The Hall–Kier alpha value is -1.65. The van der Waals surface area contributed by atoms with Gasteiger partial charge in [-0.3, -0.25) is 0 Å². The highest BCUT2D eigenvalue weighted by molar-refractivity contribution is 7.69. The van der Waals surface area contributed by atoms with Gasteiger partial charge in [-0.15, -0.1) is 0 Å². The minimum absolute atomic E-state index is 0.212. The van der Waals surface area contributed by atoms with E-state index in [-0.39, 0.29) is 10.3 Å². The Bertz CT molecular complexity index is 1140. The van der Waals surface area contributed by atoms with E-state index in [0.29, 0.717) is 5.92 Å². The zero-order valence-corrected chi connectivity index (χ0v) is 23.4. The summed E-state index contributed by atoms with van der Waals surface area (Å²) in [4.78, 5) is 0. The molecule has 3 aromatic carbocycles. The van der Waals surface area contributed by atoms with Gasteiger partial charge in [-0.05, 0) is 98.9 Å². The smallest absolute Gasteiger partial charge is 0.00614 e. The van der Waals surface area contributed by atoms with Crippen LogP contribution in [0.1, 0.15) is 89.1 Å². The lowest BCUT2D eigenvalue weighted by molar-refractivity contribution is 0.714. The second-order valence-electron chi connectivity index (χ2n) is 11.8. The Kier molecular flexibility index (Phi) is 6.72. The van der Waals surface area contributed by atoms with Crippen LogP contribution < -0.4 is 5.30 Å². The third kappa shape index (κ3) is 4.28. The lowest BCUT2D eigenvalue weighted by Gasteiger charge is -2.44. The SMILES string of the molecule is Cc1c(C)c(C)c(P(C(C)(C)C)C(C)(C)C)c(-c2c(C(C)C)ccc3ccccc23)c1C. The van der Waals surface area contributed by atoms with E-state index in [2.05, 4.69) is 119 Å². The Morgan fingerprint density at radius 2 is 1.16 bits per heavy atom. The summed E-state index contributed by atoms with van der Waals surface area (Å²) in [6.45, 7) is 28.8. The van der Waals surface area contributed by atoms with Crippen LogP contribution in [0.5, 0.6) is 0 Å². The maximum atomic E-state index is 2.45. The predicted octanol–water partition coefficient (Wildman–Crippen LogP) is 9.57. The van der Waals surface area contributed by atoms with Crippen molar-refractivity contribution in [3.05, 3.63) is 64.2 Å². The molecule has 0 aliphatic heterocycles. The van der Waals surface area contributed by atoms with E-state index >= 15 is 0 Å². The molecule has 0 fully saturated rings. The molecule has 3 aromatic rings.